The predicted octanol–water partition coefficient (Wildman–Crippen LogP) is 2.72. The van der Waals surface area contributed by atoms with E-state index in [0.717, 1.165) is 6.42 Å². The van der Waals surface area contributed by atoms with Crippen LogP contribution in [-0.2, 0) is 19.1 Å². The van der Waals surface area contributed by atoms with Crippen LogP contribution in [0.1, 0.15) is 26.2 Å². The predicted molar refractivity (Wildman–Crippen MR) is 61.5 cm³/mol. The van der Waals surface area contributed by atoms with E-state index in [1.807, 2.05) is 6.92 Å². The summed E-state index contributed by atoms with van der Waals surface area (Å²) in [5, 5.41) is 0. The third-order valence-corrected chi connectivity index (χ3v) is 2.02. The zero-order valence-corrected chi connectivity index (χ0v) is 10.9. The summed E-state index contributed by atoms with van der Waals surface area (Å²) in [5.74, 6) is -6.25. The number of alkyl halides is 4. The molecule has 0 spiro atoms. The van der Waals surface area contributed by atoms with Crippen molar-refractivity contribution < 1.29 is 36.6 Å². The van der Waals surface area contributed by atoms with E-state index >= 15 is 0 Å². The zero-order chi connectivity index (χ0) is 15.6. The molecule has 0 N–H and O–H groups in total. The van der Waals surface area contributed by atoms with Crippen LogP contribution in [0.5, 0.6) is 0 Å². The normalized spacial score (nSPS) is 11.9. The molecule has 0 fully saturated rings. The fourth-order valence-electron chi connectivity index (χ4n) is 0.964. The Morgan fingerprint density at radius 3 is 2.15 bits per heavy atom. The van der Waals surface area contributed by atoms with Gasteiger partial charge >= 0.3 is 24.3 Å². The Morgan fingerprint density at radius 2 is 1.65 bits per heavy atom. The summed E-state index contributed by atoms with van der Waals surface area (Å²) < 4.78 is 57.0. The van der Waals surface area contributed by atoms with Gasteiger partial charge in [-0.3, -0.25) is 9.59 Å². The molecule has 0 bridgehead atoms. The molecule has 0 aromatic carbocycles. The molecule has 0 aromatic rings. The molecule has 8 heteroatoms. The molecule has 20 heavy (non-hydrogen) atoms. The van der Waals surface area contributed by atoms with Crippen LogP contribution in [0.2, 0.25) is 0 Å². The first-order valence-corrected chi connectivity index (χ1v) is 5.91. The Labute approximate surface area is 113 Å². The topological polar surface area (TPSA) is 52.6 Å². The molecule has 0 aliphatic rings. The lowest BCUT2D eigenvalue weighted by atomic mass is 10.3. The van der Waals surface area contributed by atoms with Crippen LogP contribution in [0.25, 0.3) is 0 Å². The van der Waals surface area contributed by atoms with Gasteiger partial charge in [0.05, 0.1) is 12.8 Å². The summed E-state index contributed by atoms with van der Waals surface area (Å²) in [7, 11) is 0. The van der Waals surface area contributed by atoms with Gasteiger partial charge in [0.2, 0.25) is 0 Å². The van der Waals surface area contributed by atoms with Crippen LogP contribution in [0.15, 0.2) is 12.2 Å². The van der Waals surface area contributed by atoms with Gasteiger partial charge in [-0.2, -0.15) is 8.78 Å². The summed E-state index contributed by atoms with van der Waals surface area (Å²) in [6.45, 7) is 0.229. The van der Waals surface area contributed by atoms with Crippen molar-refractivity contribution in [3.05, 3.63) is 12.2 Å². The van der Waals surface area contributed by atoms with Crippen molar-refractivity contribution in [1.29, 1.82) is 0 Å². The first kappa shape index (κ1) is 18.4. The zero-order valence-electron chi connectivity index (χ0n) is 10.9. The molecule has 0 aromatic heterocycles. The monoisotopic (exact) mass is 300 g/mol. The second-order valence-electron chi connectivity index (χ2n) is 3.79. The van der Waals surface area contributed by atoms with Crippen molar-refractivity contribution in [2.45, 2.75) is 38.5 Å². The first-order valence-electron chi connectivity index (χ1n) is 5.91. The Balaban J connectivity index is 3.83. The number of rotatable bonds is 9. The Hall–Kier alpha value is -1.60. The van der Waals surface area contributed by atoms with Crippen molar-refractivity contribution in [3.63, 3.8) is 0 Å². The van der Waals surface area contributed by atoms with E-state index in [-0.39, 0.29) is 13.0 Å². The quantitative estimate of drug-likeness (QED) is 0.373. The molecule has 0 amide bonds. The SMILES string of the molecule is CC/C=C\COC(=O)CCC(=O)OCC(F)(F)C(F)F. The lowest BCUT2D eigenvalue weighted by Gasteiger charge is -2.14. The number of carbonyl (C=O) groups excluding carboxylic acids is 2. The van der Waals surface area contributed by atoms with E-state index in [9.17, 15) is 27.2 Å². The average molecular weight is 300 g/mol. The van der Waals surface area contributed by atoms with Gasteiger partial charge in [0.25, 0.3) is 0 Å². The van der Waals surface area contributed by atoms with E-state index in [1.54, 1.807) is 12.2 Å². The highest BCUT2D eigenvalue weighted by Gasteiger charge is 2.42. The highest BCUT2D eigenvalue weighted by atomic mass is 19.3. The third kappa shape index (κ3) is 8.49. The van der Waals surface area contributed by atoms with E-state index in [4.69, 9.17) is 0 Å². The highest BCUT2D eigenvalue weighted by Crippen LogP contribution is 2.23. The molecule has 0 saturated heterocycles. The largest absolute Gasteiger partial charge is 0.461 e. The van der Waals surface area contributed by atoms with Crippen LogP contribution in [0, 0.1) is 0 Å². The number of hydrogen-bond acceptors (Lipinski definition) is 4. The highest BCUT2D eigenvalue weighted by molar-refractivity contribution is 5.77. The maximum atomic E-state index is 12.4. The second kappa shape index (κ2) is 9.33. The Bertz CT molecular complexity index is 342. The van der Waals surface area contributed by atoms with Gasteiger partial charge in [-0.1, -0.05) is 19.1 Å². The number of halogens is 4. The van der Waals surface area contributed by atoms with Crippen molar-refractivity contribution in [2.24, 2.45) is 0 Å². The second-order valence-corrected chi connectivity index (χ2v) is 3.79. The van der Waals surface area contributed by atoms with E-state index in [0.29, 0.717) is 0 Å². The van der Waals surface area contributed by atoms with E-state index < -0.39 is 37.3 Å². The van der Waals surface area contributed by atoms with Crippen molar-refractivity contribution in [1.82, 2.24) is 0 Å². The number of ether oxygens (including phenoxy) is 2. The minimum Gasteiger partial charge on any atom is -0.461 e. The Kier molecular flexibility index (Phi) is 8.58. The van der Waals surface area contributed by atoms with Gasteiger partial charge in [-0.15, -0.1) is 0 Å². The van der Waals surface area contributed by atoms with Gasteiger partial charge in [0.1, 0.15) is 6.61 Å². The summed E-state index contributed by atoms with van der Waals surface area (Å²) in [6, 6.07) is 0. The molecular weight excluding hydrogens is 284 g/mol. The average Bonchev–Trinajstić information content (AvgIpc) is 2.39. The maximum absolute atomic E-state index is 12.4. The summed E-state index contributed by atoms with van der Waals surface area (Å²) in [5.41, 5.74) is 0. The smallest absolute Gasteiger partial charge is 0.340 e. The summed E-state index contributed by atoms with van der Waals surface area (Å²) >= 11 is 0. The van der Waals surface area contributed by atoms with Crippen LogP contribution in [0.3, 0.4) is 0 Å². The minimum absolute atomic E-state index is 0.0468. The van der Waals surface area contributed by atoms with Crippen LogP contribution >= 0.6 is 0 Å². The number of esters is 2. The van der Waals surface area contributed by atoms with Crippen LogP contribution in [0.4, 0.5) is 17.6 Å². The van der Waals surface area contributed by atoms with Crippen LogP contribution < -0.4 is 0 Å². The number of carbonyl (C=O) groups is 2. The molecule has 116 valence electrons. The lowest BCUT2D eigenvalue weighted by Crippen LogP contribution is -2.33. The Morgan fingerprint density at radius 1 is 1.10 bits per heavy atom. The molecule has 4 nitrogen and oxygen atoms in total. The van der Waals surface area contributed by atoms with Crippen molar-refractivity contribution >= 4 is 11.9 Å². The van der Waals surface area contributed by atoms with Gasteiger partial charge in [0.15, 0.2) is 6.61 Å². The summed E-state index contributed by atoms with van der Waals surface area (Å²) in [6.07, 6.45) is -0.616. The number of hydrogen-bond donors (Lipinski definition) is 0. The summed E-state index contributed by atoms with van der Waals surface area (Å²) in [4.78, 5) is 22.1. The first-order chi connectivity index (χ1) is 9.29. The molecule has 0 atom stereocenters. The van der Waals surface area contributed by atoms with Crippen molar-refractivity contribution in [3.8, 4) is 0 Å². The van der Waals surface area contributed by atoms with E-state index in [2.05, 4.69) is 9.47 Å². The molecule has 0 aliphatic heterocycles. The molecular formula is C12H16F4O4. The van der Waals surface area contributed by atoms with Crippen molar-refractivity contribution in [2.75, 3.05) is 13.2 Å². The van der Waals surface area contributed by atoms with Gasteiger partial charge in [-0.05, 0) is 6.42 Å². The molecule has 0 aliphatic carbocycles. The molecule has 0 radical (unpaired) electrons. The fourth-order valence-corrected chi connectivity index (χ4v) is 0.964. The molecule has 0 saturated carbocycles. The van der Waals surface area contributed by atoms with E-state index in [1.165, 1.54) is 0 Å². The maximum Gasteiger partial charge on any atom is 0.340 e. The minimum atomic E-state index is -4.39. The molecule has 0 rings (SSSR count). The lowest BCUT2D eigenvalue weighted by molar-refractivity contribution is -0.180. The van der Waals surface area contributed by atoms with Gasteiger partial charge in [0, 0.05) is 0 Å². The third-order valence-electron chi connectivity index (χ3n) is 2.02. The molecule has 0 heterocycles. The van der Waals surface area contributed by atoms with Gasteiger partial charge in [-0.25, -0.2) is 8.78 Å². The number of allylic oxidation sites excluding steroid dienone is 1. The molecule has 0 unspecified atom stereocenters. The van der Waals surface area contributed by atoms with Gasteiger partial charge < -0.3 is 9.47 Å². The fraction of sp³-hybridized carbons (Fsp3) is 0.667. The standard InChI is InChI=1S/C12H16F4O4/c1-2-3-4-7-19-9(17)5-6-10(18)20-8-12(15,16)11(13)14/h3-4,11H,2,5-8H2,1H3/b4-3-. The van der Waals surface area contributed by atoms with Crippen LogP contribution in [-0.4, -0.2) is 37.5 Å².